The van der Waals surface area contributed by atoms with Crippen molar-refractivity contribution in [3.8, 4) is 11.4 Å². The first-order valence-electron chi connectivity index (χ1n) is 5.69. The molecule has 0 spiro atoms. The molecule has 0 aliphatic rings. The van der Waals surface area contributed by atoms with E-state index in [0.29, 0.717) is 5.75 Å². The lowest BCUT2D eigenvalue weighted by atomic mass is 10.2. The van der Waals surface area contributed by atoms with Gasteiger partial charge in [0.1, 0.15) is 11.9 Å². The maximum Gasteiger partial charge on any atom is 0.136 e. The van der Waals surface area contributed by atoms with Crippen molar-refractivity contribution < 1.29 is 9.84 Å². The van der Waals surface area contributed by atoms with Crippen molar-refractivity contribution in [3.63, 3.8) is 0 Å². The summed E-state index contributed by atoms with van der Waals surface area (Å²) < 4.78 is 8.31. The molecule has 1 unspecified atom stereocenters. The van der Waals surface area contributed by atoms with Gasteiger partial charge in [-0.15, -0.1) is 0 Å². The zero-order chi connectivity index (χ0) is 13.1. The van der Waals surface area contributed by atoms with Gasteiger partial charge in [0.05, 0.1) is 16.8 Å². The number of hydrogen-bond donors (Lipinski definition) is 1. The van der Waals surface area contributed by atoms with Gasteiger partial charge in [0.2, 0.25) is 0 Å². The number of rotatable bonds is 4. The van der Waals surface area contributed by atoms with Gasteiger partial charge in [0.25, 0.3) is 0 Å². The molecule has 18 heavy (non-hydrogen) atoms. The lowest BCUT2D eigenvalue weighted by Crippen LogP contribution is -2.16. The second-order valence-corrected chi connectivity index (χ2v) is 4.99. The van der Waals surface area contributed by atoms with Crippen LogP contribution in [0.5, 0.6) is 5.75 Å². The van der Waals surface area contributed by atoms with E-state index >= 15 is 0 Å². The summed E-state index contributed by atoms with van der Waals surface area (Å²) in [6, 6.07) is 5.77. The molecule has 4 nitrogen and oxygen atoms in total. The van der Waals surface area contributed by atoms with Gasteiger partial charge in [-0.1, -0.05) is 0 Å². The first-order chi connectivity index (χ1) is 8.61. The molecule has 0 fully saturated rings. The molecule has 2 rings (SSSR count). The first kappa shape index (κ1) is 13.1. The maximum absolute atomic E-state index is 9.04. The van der Waals surface area contributed by atoms with Crippen LogP contribution in [-0.2, 0) is 0 Å². The number of ether oxygens (including phenoxy) is 1. The standard InChI is InChI=1S/C13H15BrN2O2/c1-9-6-11(14)13(18-10(2)8-17)7-12(9)16-5-3-4-15-16/h3-7,10,17H,8H2,1-2H3. The van der Waals surface area contributed by atoms with E-state index in [-0.39, 0.29) is 12.7 Å². The van der Waals surface area contributed by atoms with Gasteiger partial charge < -0.3 is 9.84 Å². The number of aliphatic hydroxyl groups is 1. The summed E-state index contributed by atoms with van der Waals surface area (Å²) in [6.45, 7) is 3.82. The van der Waals surface area contributed by atoms with Crippen molar-refractivity contribution in [1.29, 1.82) is 0 Å². The normalized spacial score (nSPS) is 12.4. The summed E-state index contributed by atoms with van der Waals surface area (Å²) in [7, 11) is 0. The largest absolute Gasteiger partial charge is 0.487 e. The predicted molar refractivity (Wildman–Crippen MR) is 73.2 cm³/mol. The number of hydrogen-bond acceptors (Lipinski definition) is 3. The highest BCUT2D eigenvalue weighted by atomic mass is 79.9. The number of aromatic nitrogens is 2. The first-order valence-corrected chi connectivity index (χ1v) is 6.49. The van der Waals surface area contributed by atoms with Gasteiger partial charge in [0.15, 0.2) is 0 Å². The van der Waals surface area contributed by atoms with Crippen molar-refractivity contribution in [3.05, 3.63) is 40.6 Å². The third kappa shape index (κ3) is 2.73. The fourth-order valence-electron chi connectivity index (χ4n) is 1.64. The quantitative estimate of drug-likeness (QED) is 0.944. The van der Waals surface area contributed by atoms with Crippen molar-refractivity contribution in [2.75, 3.05) is 6.61 Å². The average Bonchev–Trinajstić information content (AvgIpc) is 2.86. The minimum Gasteiger partial charge on any atom is -0.487 e. The second-order valence-electron chi connectivity index (χ2n) is 4.13. The highest BCUT2D eigenvalue weighted by molar-refractivity contribution is 9.10. The molecule has 2 aromatic rings. The Kier molecular flexibility index (Phi) is 4.04. The predicted octanol–water partition coefficient (Wildman–Crippen LogP) is 2.70. The van der Waals surface area contributed by atoms with Crippen LogP contribution in [-0.4, -0.2) is 27.6 Å². The van der Waals surface area contributed by atoms with Gasteiger partial charge in [-0.05, 0) is 47.5 Å². The van der Waals surface area contributed by atoms with E-state index in [2.05, 4.69) is 21.0 Å². The average molecular weight is 311 g/mol. The van der Waals surface area contributed by atoms with Crippen molar-refractivity contribution in [2.45, 2.75) is 20.0 Å². The van der Waals surface area contributed by atoms with Crippen LogP contribution in [0.2, 0.25) is 0 Å². The summed E-state index contributed by atoms with van der Waals surface area (Å²) in [5, 5.41) is 13.3. The van der Waals surface area contributed by atoms with Crippen LogP contribution in [0.15, 0.2) is 35.1 Å². The Morgan fingerprint density at radius 3 is 2.89 bits per heavy atom. The molecule has 5 heteroatoms. The molecule has 96 valence electrons. The molecular formula is C13H15BrN2O2. The Morgan fingerprint density at radius 2 is 2.28 bits per heavy atom. The SMILES string of the molecule is Cc1cc(Br)c(OC(C)CO)cc1-n1cccn1. The van der Waals surface area contributed by atoms with Gasteiger partial charge in [-0.25, -0.2) is 4.68 Å². The smallest absolute Gasteiger partial charge is 0.136 e. The second kappa shape index (κ2) is 5.54. The summed E-state index contributed by atoms with van der Waals surface area (Å²) >= 11 is 3.47. The van der Waals surface area contributed by atoms with E-state index in [4.69, 9.17) is 9.84 Å². The molecule has 0 saturated carbocycles. The van der Waals surface area contributed by atoms with Crippen LogP contribution in [0.3, 0.4) is 0 Å². The van der Waals surface area contributed by atoms with E-state index in [0.717, 1.165) is 15.7 Å². The van der Waals surface area contributed by atoms with E-state index < -0.39 is 0 Å². The molecule has 0 amide bonds. The summed E-state index contributed by atoms with van der Waals surface area (Å²) in [5.41, 5.74) is 2.05. The van der Waals surface area contributed by atoms with E-state index in [9.17, 15) is 0 Å². The third-order valence-corrected chi connectivity index (χ3v) is 3.21. The minimum absolute atomic E-state index is 0.0164. The fraction of sp³-hybridized carbons (Fsp3) is 0.308. The molecule has 1 aromatic heterocycles. The zero-order valence-corrected chi connectivity index (χ0v) is 11.9. The maximum atomic E-state index is 9.04. The van der Waals surface area contributed by atoms with Crippen molar-refractivity contribution in [2.24, 2.45) is 0 Å². The molecule has 0 radical (unpaired) electrons. The monoisotopic (exact) mass is 310 g/mol. The van der Waals surface area contributed by atoms with Crippen molar-refractivity contribution >= 4 is 15.9 Å². The van der Waals surface area contributed by atoms with E-state index in [1.807, 2.05) is 38.2 Å². The molecule has 1 aromatic carbocycles. The summed E-state index contributed by atoms with van der Waals surface area (Å²) in [4.78, 5) is 0. The van der Waals surface area contributed by atoms with Crippen LogP contribution in [0, 0.1) is 6.92 Å². The van der Waals surface area contributed by atoms with Gasteiger partial charge in [0, 0.05) is 18.5 Å². The van der Waals surface area contributed by atoms with Crippen LogP contribution in [0.1, 0.15) is 12.5 Å². The van der Waals surface area contributed by atoms with Crippen LogP contribution in [0.4, 0.5) is 0 Å². The lowest BCUT2D eigenvalue weighted by molar-refractivity contribution is 0.129. The van der Waals surface area contributed by atoms with E-state index in [1.54, 1.807) is 10.9 Å². The van der Waals surface area contributed by atoms with Crippen LogP contribution in [0.25, 0.3) is 5.69 Å². The Balaban J connectivity index is 2.40. The summed E-state index contributed by atoms with van der Waals surface area (Å²) in [5.74, 6) is 0.702. The molecule has 0 bridgehead atoms. The highest BCUT2D eigenvalue weighted by Crippen LogP contribution is 2.30. The van der Waals surface area contributed by atoms with Crippen molar-refractivity contribution in [1.82, 2.24) is 9.78 Å². The Morgan fingerprint density at radius 1 is 1.50 bits per heavy atom. The lowest BCUT2D eigenvalue weighted by Gasteiger charge is -2.16. The van der Waals surface area contributed by atoms with Gasteiger partial charge in [-0.2, -0.15) is 5.10 Å². The molecule has 1 N–H and O–H groups in total. The molecule has 0 aliphatic carbocycles. The van der Waals surface area contributed by atoms with Crippen LogP contribution < -0.4 is 4.74 Å². The minimum atomic E-state index is -0.241. The Labute approximate surface area is 114 Å². The molecule has 1 heterocycles. The Hall–Kier alpha value is -1.33. The molecular weight excluding hydrogens is 296 g/mol. The van der Waals surface area contributed by atoms with Crippen LogP contribution >= 0.6 is 15.9 Å². The molecule has 0 saturated heterocycles. The Bertz CT molecular complexity index is 526. The number of nitrogens with zero attached hydrogens (tertiary/aromatic N) is 2. The van der Waals surface area contributed by atoms with Gasteiger partial charge >= 0.3 is 0 Å². The number of benzene rings is 1. The number of aryl methyl sites for hydroxylation is 1. The summed E-state index contributed by atoms with van der Waals surface area (Å²) in [6.07, 6.45) is 3.38. The molecule has 0 aliphatic heterocycles. The topological polar surface area (TPSA) is 47.3 Å². The highest BCUT2D eigenvalue weighted by Gasteiger charge is 2.11. The van der Waals surface area contributed by atoms with Gasteiger partial charge in [-0.3, -0.25) is 0 Å². The van der Waals surface area contributed by atoms with E-state index in [1.165, 1.54) is 0 Å². The number of halogens is 1. The fourth-order valence-corrected chi connectivity index (χ4v) is 2.20. The molecule has 1 atom stereocenters. The zero-order valence-electron chi connectivity index (χ0n) is 10.3. The number of aliphatic hydroxyl groups excluding tert-OH is 1. The third-order valence-electron chi connectivity index (χ3n) is 2.59.